The van der Waals surface area contributed by atoms with Crippen LogP contribution in [0.15, 0.2) is 48.5 Å². The van der Waals surface area contributed by atoms with Crippen molar-refractivity contribution in [2.24, 2.45) is 0 Å². The molecular weight excluding hydrogens is 346 g/mol. The Labute approximate surface area is 158 Å². The molecule has 27 heavy (non-hydrogen) atoms. The molecule has 0 radical (unpaired) electrons. The number of methoxy groups -OCH3 is 1. The first-order chi connectivity index (χ1) is 13.2. The number of benzene rings is 2. The zero-order valence-corrected chi connectivity index (χ0v) is 15.2. The Morgan fingerprint density at radius 1 is 1.15 bits per heavy atom. The van der Waals surface area contributed by atoms with Gasteiger partial charge in [-0.15, -0.1) is 0 Å². The van der Waals surface area contributed by atoms with Crippen LogP contribution in [0.25, 0.3) is 0 Å². The van der Waals surface area contributed by atoms with Crippen molar-refractivity contribution < 1.29 is 19.1 Å². The molecule has 2 aromatic rings. The summed E-state index contributed by atoms with van der Waals surface area (Å²) in [5, 5.41) is 8.40. The van der Waals surface area contributed by atoms with E-state index in [0.29, 0.717) is 30.3 Å². The number of anilines is 2. The number of hydrogen-bond acceptors (Lipinski definition) is 4. The van der Waals surface area contributed by atoms with Gasteiger partial charge in [-0.25, -0.2) is 4.79 Å². The van der Waals surface area contributed by atoms with Crippen LogP contribution < -0.4 is 20.7 Å². The van der Waals surface area contributed by atoms with Gasteiger partial charge < -0.3 is 25.4 Å². The number of carbonyl (C=O) groups is 2. The molecule has 1 atom stereocenters. The minimum atomic E-state index is -0.376. The lowest BCUT2D eigenvalue weighted by Crippen LogP contribution is -2.28. The van der Waals surface area contributed by atoms with Gasteiger partial charge >= 0.3 is 6.03 Å². The minimum absolute atomic E-state index is 0.133. The summed E-state index contributed by atoms with van der Waals surface area (Å²) in [6, 6.07) is 14.2. The van der Waals surface area contributed by atoms with Gasteiger partial charge in [-0.3, -0.25) is 4.79 Å². The van der Waals surface area contributed by atoms with E-state index in [1.807, 2.05) is 36.4 Å². The summed E-state index contributed by atoms with van der Waals surface area (Å²) in [4.78, 5) is 24.3. The number of urea groups is 1. The van der Waals surface area contributed by atoms with Crippen LogP contribution in [-0.4, -0.2) is 31.8 Å². The average Bonchev–Trinajstić information content (AvgIpc) is 3.22. The fraction of sp³-hybridized carbons (Fsp3) is 0.300. The Morgan fingerprint density at radius 2 is 2.00 bits per heavy atom. The molecule has 0 aliphatic carbocycles. The molecule has 0 aromatic heterocycles. The summed E-state index contributed by atoms with van der Waals surface area (Å²) in [6.45, 7) is 0.952. The summed E-state index contributed by atoms with van der Waals surface area (Å²) in [6.07, 6.45) is 1.28. The molecule has 142 valence electrons. The topological polar surface area (TPSA) is 88.7 Å². The van der Waals surface area contributed by atoms with Crippen molar-refractivity contribution in [2.75, 3.05) is 24.4 Å². The Hall–Kier alpha value is -3.06. The number of para-hydroxylation sites is 2. The van der Waals surface area contributed by atoms with E-state index in [1.165, 1.54) is 0 Å². The Morgan fingerprint density at radius 3 is 2.78 bits per heavy atom. The van der Waals surface area contributed by atoms with Crippen molar-refractivity contribution in [2.45, 2.75) is 25.5 Å². The van der Waals surface area contributed by atoms with Crippen molar-refractivity contribution in [3.05, 3.63) is 54.1 Å². The second kappa shape index (κ2) is 9.05. The fourth-order valence-electron chi connectivity index (χ4n) is 2.86. The molecule has 1 saturated heterocycles. The highest BCUT2D eigenvalue weighted by Crippen LogP contribution is 2.22. The molecule has 7 heteroatoms. The minimum Gasteiger partial charge on any atom is -0.495 e. The molecule has 1 aliphatic heterocycles. The van der Waals surface area contributed by atoms with E-state index in [4.69, 9.17) is 9.47 Å². The third-order valence-electron chi connectivity index (χ3n) is 4.22. The third kappa shape index (κ3) is 5.21. The number of amides is 3. The van der Waals surface area contributed by atoms with E-state index >= 15 is 0 Å². The van der Waals surface area contributed by atoms with Gasteiger partial charge in [0.1, 0.15) is 11.9 Å². The number of hydrogen-bond donors (Lipinski definition) is 3. The molecule has 1 aliphatic rings. The van der Waals surface area contributed by atoms with Crippen LogP contribution in [0.1, 0.15) is 18.4 Å². The molecule has 7 nitrogen and oxygen atoms in total. The average molecular weight is 369 g/mol. The molecule has 1 heterocycles. The van der Waals surface area contributed by atoms with Gasteiger partial charge in [-0.1, -0.05) is 24.3 Å². The Kier molecular flexibility index (Phi) is 6.27. The van der Waals surface area contributed by atoms with Gasteiger partial charge in [-0.2, -0.15) is 0 Å². The highest BCUT2D eigenvalue weighted by atomic mass is 16.5. The fourth-order valence-corrected chi connectivity index (χ4v) is 2.86. The zero-order chi connectivity index (χ0) is 19.1. The van der Waals surface area contributed by atoms with Crippen LogP contribution in [0.3, 0.4) is 0 Å². The van der Waals surface area contributed by atoms with E-state index in [9.17, 15) is 9.59 Å². The first-order valence-corrected chi connectivity index (χ1v) is 8.85. The Balaban J connectivity index is 1.53. The maximum atomic E-state index is 12.1. The van der Waals surface area contributed by atoms with Crippen LogP contribution >= 0.6 is 0 Å². The van der Waals surface area contributed by atoms with Crippen molar-refractivity contribution in [1.29, 1.82) is 0 Å². The quantitative estimate of drug-likeness (QED) is 0.730. The predicted octanol–water partition coefficient (Wildman–Crippen LogP) is 3.13. The van der Waals surface area contributed by atoms with Crippen molar-refractivity contribution >= 4 is 23.3 Å². The maximum Gasteiger partial charge on any atom is 0.319 e. The largest absolute Gasteiger partial charge is 0.495 e. The monoisotopic (exact) mass is 369 g/mol. The second-order valence-corrected chi connectivity index (χ2v) is 6.20. The molecule has 0 spiro atoms. The normalized spacial score (nSPS) is 15.8. The van der Waals surface area contributed by atoms with Gasteiger partial charge in [0.25, 0.3) is 5.91 Å². The molecule has 3 amide bonds. The number of rotatable bonds is 6. The predicted molar refractivity (Wildman–Crippen MR) is 103 cm³/mol. The van der Waals surface area contributed by atoms with Gasteiger partial charge in [0.15, 0.2) is 0 Å². The van der Waals surface area contributed by atoms with Crippen molar-refractivity contribution in [3.63, 3.8) is 0 Å². The van der Waals surface area contributed by atoms with E-state index in [0.717, 1.165) is 18.4 Å². The van der Waals surface area contributed by atoms with E-state index in [1.54, 1.807) is 19.2 Å². The van der Waals surface area contributed by atoms with Gasteiger partial charge in [0.05, 0.1) is 12.8 Å². The zero-order valence-electron chi connectivity index (χ0n) is 15.2. The van der Waals surface area contributed by atoms with Gasteiger partial charge in [-0.05, 0) is 42.7 Å². The molecule has 0 bridgehead atoms. The summed E-state index contributed by atoms with van der Waals surface area (Å²) in [5.74, 6) is 0.456. The summed E-state index contributed by atoms with van der Waals surface area (Å²) in [5.41, 5.74) is 2.14. The molecular formula is C20H23N3O4. The van der Waals surface area contributed by atoms with Crippen LogP contribution in [0.2, 0.25) is 0 Å². The van der Waals surface area contributed by atoms with Crippen LogP contribution in [-0.2, 0) is 16.1 Å². The second-order valence-electron chi connectivity index (χ2n) is 6.20. The standard InChI is InChI=1S/C20H23N3O4/c1-26-17-9-3-2-8-16(17)23-20(25)21-13-14-6-4-7-15(12-14)22-19(24)18-10-5-11-27-18/h2-4,6-9,12,18H,5,10-11,13H2,1H3,(H,22,24)(H2,21,23,25)/t18-/m0/s1. The van der Waals surface area contributed by atoms with Crippen LogP contribution in [0.4, 0.5) is 16.2 Å². The summed E-state index contributed by atoms with van der Waals surface area (Å²) in [7, 11) is 1.55. The highest BCUT2D eigenvalue weighted by molar-refractivity contribution is 5.94. The molecule has 2 aromatic carbocycles. The van der Waals surface area contributed by atoms with E-state index in [2.05, 4.69) is 16.0 Å². The van der Waals surface area contributed by atoms with Gasteiger partial charge in [0, 0.05) is 18.8 Å². The molecule has 1 fully saturated rings. The highest BCUT2D eigenvalue weighted by Gasteiger charge is 2.23. The van der Waals surface area contributed by atoms with E-state index < -0.39 is 0 Å². The summed E-state index contributed by atoms with van der Waals surface area (Å²) < 4.78 is 10.6. The smallest absolute Gasteiger partial charge is 0.319 e. The number of nitrogens with one attached hydrogen (secondary N) is 3. The first kappa shape index (κ1) is 18.7. The lowest BCUT2D eigenvalue weighted by atomic mass is 10.2. The van der Waals surface area contributed by atoms with Crippen LogP contribution in [0.5, 0.6) is 5.75 Å². The Bertz CT molecular complexity index is 803. The molecule has 3 rings (SSSR count). The third-order valence-corrected chi connectivity index (χ3v) is 4.22. The van der Waals surface area contributed by atoms with Crippen LogP contribution in [0, 0.1) is 0 Å². The van der Waals surface area contributed by atoms with Crippen molar-refractivity contribution in [1.82, 2.24) is 5.32 Å². The summed E-state index contributed by atoms with van der Waals surface area (Å²) >= 11 is 0. The lowest BCUT2D eigenvalue weighted by molar-refractivity contribution is -0.124. The molecule has 3 N–H and O–H groups in total. The number of carbonyl (C=O) groups excluding carboxylic acids is 2. The first-order valence-electron chi connectivity index (χ1n) is 8.85. The number of ether oxygens (including phenoxy) is 2. The van der Waals surface area contributed by atoms with E-state index in [-0.39, 0.29) is 18.0 Å². The lowest BCUT2D eigenvalue weighted by Gasteiger charge is -2.13. The SMILES string of the molecule is COc1ccccc1NC(=O)NCc1cccc(NC(=O)[C@@H]2CCCO2)c1. The molecule has 0 saturated carbocycles. The van der Waals surface area contributed by atoms with Crippen molar-refractivity contribution in [3.8, 4) is 5.75 Å². The maximum absolute atomic E-state index is 12.1. The molecule has 0 unspecified atom stereocenters. The van der Waals surface area contributed by atoms with Gasteiger partial charge in [0.2, 0.25) is 0 Å².